The van der Waals surface area contributed by atoms with Crippen LogP contribution in [0.5, 0.6) is 0 Å². The van der Waals surface area contributed by atoms with Crippen LogP contribution in [0.15, 0.2) is 0 Å². The molecule has 0 atom stereocenters. The van der Waals surface area contributed by atoms with Gasteiger partial charge in [-0.15, -0.1) is 0 Å². The number of hydrogen-bond acceptors (Lipinski definition) is 6. The molecular formula is C10H25NO5. The van der Waals surface area contributed by atoms with Crippen molar-refractivity contribution >= 4 is 0 Å². The highest BCUT2D eigenvalue weighted by Crippen LogP contribution is 1.88. The minimum Gasteiger partial charge on any atom is -0.395 e. The number of rotatable bonds is 8. The summed E-state index contributed by atoms with van der Waals surface area (Å²) in [4.78, 5) is 1.79. The molecule has 0 aliphatic carbocycles. The van der Waals surface area contributed by atoms with Gasteiger partial charge in [0.1, 0.15) is 0 Å². The summed E-state index contributed by atoms with van der Waals surface area (Å²) >= 11 is 0. The van der Waals surface area contributed by atoms with Gasteiger partial charge in [-0.1, -0.05) is 13.3 Å². The fourth-order valence-corrected chi connectivity index (χ4v) is 1.02. The zero-order valence-electron chi connectivity index (χ0n) is 9.92. The van der Waals surface area contributed by atoms with Crippen molar-refractivity contribution in [1.82, 2.24) is 4.90 Å². The summed E-state index contributed by atoms with van der Waals surface area (Å²) in [5.41, 5.74) is 0. The van der Waals surface area contributed by atoms with Crippen LogP contribution in [0.25, 0.3) is 0 Å². The van der Waals surface area contributed by atoms with Gasteiger partial charge in [-0.2, -0.15) is 0 Å². The van der Waals surface area contributed by atoms with Gasteiger partial charge in [-0.25, -0.2) is 0 Å². The number of aliphatic hydroxyl groups is 5. The van der Waals surface area contributed by atoms with Crippen LogP contribution in [0, 0.1) is 0 Å². The van der Waals surface area contributed by atoms with E-state index in [1.54, 1.807) is 4.90 Å². The molecule has 0 aromatic heterocycles. The molecule has 0 unspecified atom stereocenters. The number of hydrogen-bond donors (Lipinski definition) is 5. The molecule has 0 amide bonds. The van der Waals surface area contributed by atoms with Gasteiger partial charge < -0.3 is 25.5 Å². The molecular weight excluding hydrogens is 214 g/mol. The fraction of sp³-hybridized carbons (Fsp3) is 1.00. The summed E-state index contributed by atoms with van der Waals surface area (Å²) in [6.07, 6.45) is 0.215. The maximum atomic E-state index is 8.48. The zero-order valence-corrected chi connectivity index (χ0v) is 9.92. The lowest BCUT2D eigenvalue weighted by molar-refractivity contribution is -0.0453. The normalized spacial score (nSPS) is 10.5. The first kappa shape index (κ1) is 18.1. The third-order valence-corrected chi connectivity index (χ3v) is 1.80. The van der Waals surface area contributed by atoms with Crippen molar-refractivity contribution < 1.29 is 25.5 Å². The van der Waals surface area contributed by atoms with Crippen molar-refractivity contribution in [2.75, 3.05) is 39.5 Å². The summed E-state index contributed by atoms with van der Waals surface area (Å²) in [6.45, 7) is 3.66. The van der Waals surface area contributed by atoms with E-state index in [4.69, 9.17) is 25.5 Å². The van der Waals surface area contributed by atoms with Crippen LogP contribution in [0.1, 0.15) is 19.8 Å². The lowest BCUT2D eigenvalue weighted by Gasteiger charge is -2.17. The molecule has 6 nitrogen and oxygen atoms in total. The first-order chi connectivity index (χ1) is 7.62. The van der Waals surface area contributed by atoms with E-state index in [9.17, 15) is 0 Å². The quantitative estimate of drug-likeness (QED) is 0.326. The van der Waals surface area contributed by atoms with Crippen LogP contribution in [-0.2, 0) is 0 Å². The Morgan fingerprint density at radius 1 is 0.875 bits per heavy atom. The second-order valence-corrected chi connectivity index (χ2v) is 3.28. The highest BCUT2D eigenvalue weighted by atomic mass is 16.5. The standard InChI is InChI=1S/C6H15NO3.C4H10O2/c8-4-1-7(2-5-9)3-6-10;1-2-3-4(5)6/h8-10H,1-6H2;4-6H,2-3H2,1H3. The van der Waals surface area contributed by atoms with Gasteiger partial charge in [0.15, 0.2) is 6.29 Å². The van der Waals surface area contributed by atoms with Crippen LogP contribution in [0.3, 0.4) is 0 Å². The first-order valence-electron chi connectivity index (χ1n) is 5.53. The Hall–Kier alpha value is -0.240. The summed E-state index contributed by atoms with van der Waals surface area (Å²) < 4.78 is 0. The largest absolute Gasteiger partial charge is 0.395 e. The second kappa shape index (κ2) is 14.8. The Kier molecular flexibility index (Phi) is 16.7. The highest BCUT2D eigenvalue weighted by Gasteiger charge is 2.00. The Morgan fingerprint density at radius 3 is 1.38 bits per heavy atom. The molecule has 16 heavy (non-hydrogen) atoms. The van der Waals surface area contributed by atoms with E-state index in [-0.39, 0.29) is 19.8 Å². The summed E-state index contributed by atoms with van der Waals surface area (Å²) in [6, 6.07) is 0. The minimum atomic E-state index is -1.10. The van der Waals surface area contributed by atoms with Crippen molar-refractivity contribution in [3.63, 3.8) is 0 Å². The van der Waals surface area contributed by atoms with E-state index in [1.165, 1.54) is 0 Å². The molecule has 0 fully saturated rings. The smallest absolute Gasteiger partial charge is 0.151 e. The van der Waals surface area contributed by atoms with Crippen LogP contribution in [0.2, 0.25) is 0 Å². The third-order valence-electron chi connectivity index (χ3n) is 1.80. The molecule has 0 rings (SSSR count). The molecule has 0 bridgehead atoms. The van der Waals surface area contributed by atoms with Gasteiger partial charge >= 0.3 is 0 Å². The second-order valence-electron chi connectivity index (χ2n) is 3.28. The fourth-order valence-electron chi connectivity index (χ4n) is 1.02. The van der Waals surface area contributed by atoms with Crippen molar-refractivity contribution in [3.05, 3.63) is 0 Å². The maximum Gasteiger partial charge on any atom is 0.151 e. The van der Waals surface area contributed by atoms with Crippen LogP contribution >= 0.6 is 0 Å². The van der Waals surface area contributed by atoms with E-state index in [0.717, 1.165) is 6.42 Å². The van der Waals surface area contributed by atoms with E-state index < -0.39 is 6.29 Å². The Balaban J connectivity index is 0. The van der Waals surface area contributed by atoms with Gasteiger partial charge in [-0.3, -0.25) is 4.90 Å². The molecule has 0 heterocycles. The molecule has 0 saturated carbocycles. The van der Waals surface area contributed by atoms with E-state index >= 15 is 0 Å². The van der Waals surface area contributed by atoms with Crippen molar-refractivity contribution in [3.8, 4) is 0 Å². The maximum absolute atomic E-state index is 8.48. The Bertz CT molecular complexity index is 110. The highest BCUT2D eigenvalue weighted by molar-refractivity contribution is 4.54. The summed E-state index contributed by atoms with van der Waals surface area (Å²) in [5, 5.41) is 41.7. The average molecular weight is 239 g/mol. The van der Waals surface area contributed by atoms with Gasteiger partial charge in [0.05, 0.1) is 19.8 Å². The van der Waals surface area contributed by atoms with Crippen molar-refractivity contribution in [1.29, 1.82) is 0 Å². The first-order valence-corrected chi connectivity index (χ1v) is 5.53. The topological polar surface area (TPSA) is 104 Å². The van der Waals surface area contributed by atoms with Crippen molar-refractivity contribution in [2.45, 2.75) is 26.1 Å². The molecule has 0 aromatic rings. The molecule has 0 spiro atoms. The molecule has 0 aliphatic heterocycles. The molecule has 100 valence electrons. The molecule has 0 radical (unpaired) electrons. The van der Waals surface area contributed by atoms with E-state index in [2.05, 4.69) is 0 Å². The Morgan fingerprint density at radius 2 is 1.25 bits per heavy atom. The molecule has 5 N–H and O–H groups in total. The lowest BCUT2D eigenvalue weighted by atomic mass is 10.3. The molecule has 6 heteroatoms. The van der Waals surface area contributed by atoms with Crippen LogP contribution in [-0.4, -0.2) is 76.2 Å². The Labute approximate surface area is 96.8 Å². The molecule has 0 saturated heterocycles. The van der Waals surface area contributed by atoms with Crippen molar-refractivity contribution in [2.24, 2.45) is 0 Å². The lowest BCUT2D eigenvalue weighted by Crippen LogP contribution is -2.32. The molecule has 0 aliphatic rings. The predicted molar refractivity (Wildman–Crippen MR) is 60.8 cm³/mol. The summed E-state index contributed by atoms with van der Waals surface area (Å²) in [5.74, 6) is 0. The van der Waals surface area contributed by atoms with Gasteiger partial charge in [-0.05, 0) is 6.42 Å². The average Bonchev–Trinajstić information content (AvgIpc) is 2.19. The number of nitrogens with zero attached hydrogens (tertiary/aromatic N) is 1. The monoisotopic (exact) mass is 239 g/mol. The zero-order chi connectivity index (χ0) is 12.8. The van der Waals surface area contributed by atoms with E-state index in [1.807, 2.05) is 6.92 Å². The van der Waals surface area contributed by atoms with Gasteiger partial charge in [0, 0.05) is 19.6 Å². The SMILES string of the molecule is CCCC(O)O.OCCN(CCO)CCO. The van der Waals surface area contributed by atoms with Gasteiger partial charge in [0.25, 0.3) is 0 Å². The van der Waals surface area contributed by atoms with Crippen LogP contribution < -0.4 is 0 Å². The number of aliphatic hydroxyl groups excluding tert-OH is 4. The van der Waals surface area contributed by atoms with E-state index in [0.29, 0.717) is 26.1 Å². The minimum absolute atomic E-state index is 0.0694. The van der Waals surface area contributed by atoms with Crippen LogP contribution in [0.4, 0.5) is 0 Å². The summed E-state index contributed by atoms with van der Waals surface area (Å²) in [7, 11) is 0. The van der Waals surface area contributed by atoms with Gasteiger partial charge in [0.2, 0.25) is 0 Å². The third kappa shape index (κ3) is 16.2. The predicted octanol–water partition coefficient (Wildman–Crippen LogP) is -1.64. The molecule has 0 aromatic carbocycles.